The van der Waals surface area contributed by atoms with E-state index in [1.165, 1.54) is 116 Å². The standard InChI is InChI=1S/C43H82O6/c1-6-7-8-9-16-23-28-33-41(44)47-36-40(49-43(46)35-30-25-20-15-18-22-27-32-39(4)5)37-48-42(45)34-29-24-19-14-12-10-11-13-17-21-26-31-38(2)3/h38-40H,6-37H2,1-5H3/t40-/m1/s1. The summed E-state index contributed by atoms with van der Waals surface area (Å²) in [6.07, 6.45) is 32.5. The average Bonchev–Trinajstić information content (AvgIpc) is 3.06. The van der Waals surface area contributed by atoms with E-state index in [1.54, 1.807) is 0 Å². The largest absolute Gasteiger partial charge is 0.462 e. The van der Waals surface area contributed by atoms with Crippen LogP contribution in [0.1, 0.15) is 227 Å². The third kappa shape index (κ3) is 37.5. The number of ether oxygens (including phenoxy) is 3. The summed E-state index contributed by atoms with van der Waals surface area (Å²) in [4.78, 5) is 37.4. The van der Waals surface area contributed by atoms with Crippen LogP contribution in [0.15, 0.2) is 0 Å². The molecule has 0 unspecified atom stereocenters. The molecule has 0 N–H and O–H groups in total. The molecule has 1 atom stereocenters. The van der Waals surface area contributed by atoms with Gasteiger partial charge in [-0.25, -0.2) is 0 Å². The van der Waals surface area contributed by atoms with Gasteiger partial charge in [0.15, 0.2) is 6.10 Å². The first-order valence-electron chi connectivity index (χ1n) is 21.2. The minimum Gasteiger partial charge on any atom is -0.462 e. The minimum absolute atomic E-state index is 0.0663. The number of carbonyl (C=O) groups is 3. The summed E-state index contributed by atoms with van der Waals surface area (Å²) in [5, 5.41) is 0. The van der Waals surface area contributed by atoms with Crippen LogP contribution in [0.3, 0.4) is 0 Å². The van der Waals surface area contributed by atoms with Crippen LogP contribution in [-0.4, -0.2) is 37.2 Å². The molecule has 0 aromatic heterocycles. The fourth-order valence-electron chi connectivity index (χ4n) is 6.22. The first-order chi connectivity index (χ1) is 23.7. The lowest BCUT2D eigenvalue weighted by molar-refractivity contribution is -0.167. The molecule has 0 aromatic carbocycles. The number of rotatable bonds is 37. The van der Waals surface area contributed by atoms with Crippen LogP contribution in [0.4, 0.5) is 0 Å². The third-order valence-electron chi connectivity index (χ3n) is 9.47. The van der Waals surface area contributed by atoms with Crippen LogP contribution in [0, 0.1) is 11.8 Å². The maximum atomic E-state index is 12.6. The molecular formula is C43H82O6. The molecule has 290 valence electrons. The topological polar surface area (TPSA) is 78.9 Å². The molecule has 0 spiro atoms. The highest BCUT2D eigenvalue weighted by Crippen LogP contribution is 2.16. The smallest absolute Gasteiger partial charge is 0.306 e. The summed E-state index contributed by atoms with van der Waals surface area (Å²) < 4.78 is 16.6. The quantitative estimate of drug-likeness (QED) is 0.0366. The highest BCUT2D eigenvalue weighted by molar-refractivity contribution is 5.71. The first kappa shape index (κ1) is 47.4. The molecule has 0 heterocycles. The second-order valence-electron chi connectivity index (χ2n) is 15.6. The lowest BCUT2D eigenvalue weighted by atomic mass is 10.0. The Balaban J connectivity index is 4.28. The Morgan fingerprint density at radius 3 is 1.00 bits per heavy atom. The van der Waals surface area contributed by atoms with E-state index >= 15 is 0 Å². The number of unbranched alkanes of at least 4 members (excludes halogenated alkanes) is 22. The normalized spacial score (nSPS) is 12.1. The number of carbonyl (C=O) groups excluding carboxylic acids is 3. The molecule has 6 heteroatoms. The summed E-state index contributed by atoms with van der Waals surface area (Å²) >= 11 is 0. The van der Waals surface area contributed by atoms with Gasteiger partial charge in [-0.15, -0.1) is 0 Å². The molecule has 0 rings (SSSR count). The van der Waals surface area contributed by atoms with Gasteiger partial charge in [-0.3, -0.25) is 14.4 Å². The van der Waals surface area contributed by atoms with Crippen LogP contribution in [0.25, 0.3) is 0 Å². The molecule has 0 aliphatic heterocycles. The molecule has 0 bridgehead atoms. The fourth-order valence-corrected chi connectivity index (χ4v) is 6.22. The van der Waals surface area contributed by atoms with E-state index in [0.29, 0.717) is 19.3 Å². The average molecular weight is 695 g/mol. The molecule has 0 aliphatic carbocycles. The van der Waals surface area contributed by atoms with E-state index in [0.717, 1.165) is 69.6 Å². The zero-order valence-corrected chi connectivity index (χ0v) is 33.3. The minimum atomic E-state index is -0.759. The van der Waals surface area contributed by atoms with E-state index in [-0.39, 0.29) is 31.1 Å². The van der Waals surface area contributed by atoms with E-state index in [9.17, 15) is 14.4 Å². The number of hydrogen-bond acceptors (Lipinski definition) is 6. The predicted molar refractivity (Wildman–Crippen MR) is 206 cm³/mol. The third-order valence-corrected chi connectivity index (χ3v) is 9.47. The van der Waals surface area contributed by atoms with Crippen molar-refractivity contribution in [2.75, 3.05) is 13.2 Å². The van der Waals surface area contributed by atoms with E-state index in [2.05, 4.69) is 34.6 Å². The molecule has 6 nitrogen and oxygen atoms in total. The summed E-state index contributed by atoms with van der Waals surface area (Å²) in [5.74, 6) is 0.734. The second kappa shape index (κ2) is 36.2. The molecule has 49 heavy (non-hydrogen) atoms. The molecule has 0 saturated carbocycles. The van der Waals surface area contributed by atoms with Gasteiger partial charge in [0.25, 0.3) is 0 Å². The molecule has 0 fully saturated rings. The van der Waals surface area contributed by atoms with Gasteiger partial charge >= 0.3 is 17.9 Å². The molecule has 0 saturated heterocycles. The van der Waals surface area contributed by atoms with Crippen molar-refractivity contribution in [1.29, 1.82) is 0 Å². The van der Waals surface area contributed by atoms with Crippen molar-refractivity contribution in [3.8, 4) is 0 Å². The summed E-state index contributed by atoms with van der Waals surface area (Å²) in [6, 6.07) is 0. The van der Waals surface area contributed by atoms with Gasteiger partial charge < -0.3 is 14.2 Å². The Labute approximate surface area is 304 Å². The zero-order chi connectivity index (χ0) is 36.2. The molecule has 0 aromatic rings. The van der Waals surface area contributed by atoms with Crippen molar-refractivity contribution in [1.82, 2.24) is 0 Å². The molecular weight excluding hydrogens is 612 g/mol. The van der Waals surface area contributed by atoms with Gasteiger partial charge in [-0.2, -0.15) is 0 Å². The Bertz CT molecular complexity index is 749. The van der Waals surface area contributed by atoms with Crippen molar-refractivity contribution >= 4 is 17.9 Å². The van der Waals surface area contributed by atoms with Crippen molar-refractivity contribution in [3.05, 3.63) is 0 Å². The van der Waals surface area contributed by atoms with Crippen molar-refractivity contribution in [2.24, 2.45) is 11.8 Å². The monoisotopic (exact) mass is 695 g/mol. The number of esters is 3. The Hall–Kier alpha value is -1.59. The first-order valence-corrected chi connectivity index (χ1v) is 21.2. The zero-order valence-electron chi connectivity index (χ0n) is 33.3. The molecule has 0 aliphatic rings. The lowest BCUT2D eigenvalue weighted by Gasteiger charge is -2.18. The predicted octanol–water partition coefficient (Wildman–Crippen LogP) is 13.0. The van der Waals surface area contributed by atoms with Crippen molar-refractivity contribution in [3.63, 3.8) is 0 Å². The Kier molecular flexibility index (Phi) is 35.0. The molecule has 0 radical (unpaired) electrons. The van der Waals surface area contributed by atoms with Crippen LogP contribution in [-0.2, 0) is 28.6 Å². The Morgan fingerprint density at radius 2 is 0.673 bits per heavy atom. The molecule has 0 amide bonds. The van der Waals surface area contributed by atoms with Crippen LogP contribution < -0.4 is 0 Å². The van der Waals surface area contributed by atoms with Gasteiger partial charge in [-0.1, -0.05) is 189 Å². The van der Waals surface area contributed by atoms with Crippen molar-refractivity contribution < 1.29 is 28.6 Å². The second-order valence-corrected chi connectivity index (χ2v) is 15.6. The van der Waals surface area contributed by atoms with Crippen molar-refractivity contribution in [2.45, 2.75) is 233 Å². The highest BCUT2D eigenvalue weighted by Gasteiger charge is 2.19. The summed E-state index contributed by atoms with van der Waals surface area (Å²) in [6.45, 7) is 11.2. The van der Waals surface area contributed by atoms with Crippen LogP contribution in [0.2, 0.25) is 0 Å². The van der Waals surface area contributed by atoms with Gasteiger partial charge in [0.1, 0.15) is 13.2 Å². The van der Waals surface area contributed by atoms with Crippen LogP contribution in [0.5, 0.6) is 0 Å². The Morgan fingerprint density at radius 1 is 0.388 bits per heavy atom. The van der Waals surface area contributed by atoms with Crippen LogP contribution >= 0.6 is 0 Å². The lowest BCUT2D eigenvalue weighted by Crippen LogP contribution is -2.30. The number of hydrogen-bond donors (Lipinski definition) is 0. The summed E-state index contributed by atoms with van der Waals surface area (Å²) in [7, 11) is 0. The van der Waals surface area contributed by atoms with Gasteiger partial charge in [0.05, 0.1) is 0 Å². The van der Waals surface area contributed by atoms with E-state index in [4.69, 9.17) is 14.2 Å². The fraction of sp³-hybridized carbons (Fsp3) is 0.930. The van der Waals surface area contributed by atoms with Gasteiger partial charge in [0.2, 0.25) is 0 Å². The SMILES string of the molecule is CCCCCCCCCC(=O)OC[C@H](COC(=O)CCCCCCCCCCCCCC(C)C)OC(=O)CCCCCCCCCC(C)C. The van der Waals surface area contributed by atoms with Gasteiger partial charge in [0, 0.05) is 19.3 Å². The maximum absolute atomic E-state index is 12.6. The maximum Gasteiger partial charge on any atom is 0.306 e. The highest BCUT2D eigenvalue weighted by atomic mass is 16.6. The van der Waals surface area contributed by atoms with E-state index < -0.39 is 6.10 Å². The summed E-state index contributed by atoms with van der Waals surface area (Å²) in [5.41, 5.74) is 0. The van der Waals surface area contributed by atoms with E-state index in [1.807, 2.05) is 0 Å². The van der Waals surface area contributed by atoms with Gasteiger partial charge in [-0.05, 0) is 31.1 Å².